The standard InChI is InChI=1S/C20H28Cl2N2O5/c1-19(2,3)29-17(27)12-20(28)5-8-24(9-6-20)18-14(21)10-13(11-15(18)22)23-7-4-16(25)26/h10-11,23,28H,4-9,12H2,1-3H3,(H,25,26). The van der Waals surface area contributed by atoms with E-state index in [9.17, 15) is 14.7 Å². The van der Waals surface area contributed by atoms with E-state index in [0.717, 1.165) is 0 Å². The predicted octanol–water partition coefficient (Wildman–Crippen LogP) is 3.94. The smallest absolute Gasteiger partial charge is 0.309 e. The van der Waals surface area contributed by atoms with Crippen molar-refractivity contribution in [2.75, 3.05) is 29.9 Å². The molecular formula is C20H28Cl2N2O5. The fraction of sp³-hybridized carbons (Fsp3) is 0.600. The molecule has 1 aromatic carbocycles. The lowest BCUT2D eigenvalue weighted by molar-refractivity contribution is -0.161. The van der Waals surface area contributed by atoms with E-state index >= 15 is 0 Å². The summed E-state index contributed by atoms with van der Waals surface area (Å²) in [4.78, 5) is 24.7. The number of carbonyl (C=O) groups is 2. The minimum atomic E-state index is -1.11. The number of hydrogen-bond acceptors (Lipinski definition) is 6. The molecule has 0 aliphatic carbocycles. The van der Waals surface area contributed by atoms with Crippen molar-refractivity contribution >= 4 is 46.5 Å². The van der Waals surface area contributed by atoms with E-state index in [2.05, 4.69) is 5.32 Å². The molecule has 0 amide bonds. The Labute approximate surface area is 180 Å². The SMILES string of the molecule is CC(C)(C)OC(=O)CC1(O)CCN(c2c(Cl)cc(NCCC(=O)O)cc2Cl)CC1. The van der Waals surface area contributed by atoms with Gasteiger partial charge in [-0.3, -0.25) is 9.59 Å². The first-order valence-electron chi connectivity index (χ1n) is 9.52. The molecule has 29 heavy (non-hydrogen) atoms. The van der Waals surface area contributed by atoms with Crippen LogP contribution in [0, 0.1) is 0 Å². The molecule has 2 rings (SSSR count). The van der Waals surface area contributed by atoms with Crippen molar-refractivity contribution in [2.45, 2.75) is 57.7 Å². The van der Waals surface area contributed by atoms with Crippen LogP contribution in [-0.4, -0.2) is 53.0 Å². The van der Waals surface area contributed by atoms with Gasteiger partial charge in [0.05, 0.1) is 34.2 Å². The van der Waals surface area contributed by atoms with Crippen LogP contribution in [0.3, 0.4) is 0 Å². The summed E-state index contributed by atoms with van der Waals surface area (Å²) in [7, 11) is 0. The molecule has 162 valence electrons. The van der Waals surface area contributed by atoms with Gasteiger partial charge in [-0.25, -0.2) is 0 Å². The second-order valence-corrected chi connectivity index (χ2v) is 9.15. The highest BCUT2D eigenvalue weighted by molar-refractivity contribution is 6.39. The van der Waals surface area contributed by atoms with Crippen LogP contribution < -0.4 is 10.2 Å². The first kappa shape index (κ1) is 23.6. The summed E-state index contributed by atoms with van der Waals surface area (Å²) in [6.07, 6.45) is 0.709. The lowest BCUT2D eigenvalue weighted by Crippen LogP contribution is -2.46. The Balaban J connectivity index is 1.99. The van der Waals surface area contributed by atoms with Crippen LogP contribution in [0.1, 0.15) is 46.5 Å². The number of nitrogens with zero attached hydrogens (tertiary/aromatic N) is 1. The second kappa shape index (κ2) is 9.41. The first-order chi connectivity index (χ1) is 13.4. The number of ether oxygens (including phenoxy) is 1. The monoisotopic (exact) mass is 446 g/mol. The molecule has 0 aromatic heterocycles. The van der Waals surface area contributed by atoms with Gasteiger partial charge in [0.15, 0.2) is 0 Å². The maximum atomic E-state index is 12.1. The molecule has 1 aliphatic heterocycles. The number of carboxylic acids is 1. The number of esters is 1. The Hall–Kier alpha value is -1.70. The minimum absolute atomic E-state index is 0.0145. The molecule has 3 N–H and O–H groups in total. The van der Waals surface area contributed by atoms with Gasteiger partial charge in [0.1, 0.15) is 5.60 Å². The first-order valence-corrected chi connectivity index (χ1v) is 10.3. The average Bonchev–Trinajstić information content (AvgIpc) is 2.53. The number of halogens is 2. The molecule has 9 heteroatoms. The summed E-state index contributed by atoms with van der Waals surface area (Å²) in [5.74, 6) is -1.31. The normalized spacial score (nSPS) is 16.4. The highest BCUT2D eigenvalue weighted by atomic mass is 35.5. The van der Waals surface area contributed by atoms with Gasteiger partial charge in [-0.2, -0.15) is 0 Å². The summed E-state index contributed by atoms with van der Waals surface area (Å²) in [6.45, 7) is 6.63. The van der Waals surface area contributed by atoms with Crippen LogP contribution in [-0.2, 0) is 14.3 Å². The summed E-state index contributed by atoms with van der Waals surface area (Å²) in [5, 5.41) is 23.4. The number of carboxylic acid groups (broad SMARTS) is 1. The van der Waals surface area contributed by atoms with Crippen molar-refractivity contribution in [1.82, 2.24) is 0 Å². The molecular weight excluding hydrogens is 419 g/mol. The number of rotatable bonds is 7. The van der Waals surface area contributed by atoms with Crippen LogP contribution >= 0.6 is 23.2 Å². The van der Waals surface area contributed by atoms with Gasteiger partial charge in [0, 0.05) is 25.3 Å². The Morgan fingerprint density at radius 2 is 1.76 bits per heavy atom. The molecule has 1 aromatic rings. The highest BCUT2D eigenvalue weighted by Gasteiger charge is 2.36. The molecule has 1 aliphatic rings. The Bertz CT molecular complexity index is 733. The number of benzene rings is 1. The topological polar surface area (TPSA) is 99.1 Å². The van der Waals surface area contributed by atoms with Crippen molar-refractivity contribution in [1.29, 1.82) is 0 Å². The third-order valence-corrected chi connectivity index (χ3v) is 5.16. The largest absolute Gasteiger partial charge is 0.481 e. The molecule has 7 nitrogen and oxygen atoms in total. The van der Waals surface area contributed by atoms with Crippen LogP contribution in [0.25, 0.3) is 0 Å². The summed E-state index contributed by atoms with van der Waals surface area (Å²) >= 11 is 12.8. The lowest BCUT2D eigenvalue weighted by Gasteiger charge is -2.39. The number of anilines is 2. The lowest BCUT2D eigenvalue weighted by atomic mass is 9.88. The summed E-state index contributed by atoms with van der Waals surface area (Å²) in [6, 6.07) is 3.40. The van der Waals surface area contributed by atoms with E-state index in [-0.39, 0.29) is 19.4 Å². The zero-order valence-electron chi connectivity index (χ0n) is 16.9. The maximum absolute atomic E-state index is 12.1. The van der Waals surface area contributed by atoms with E-state index in [1.54, 1.807) is 32.9 Å². The van der Waals surface area contributed by atoms with Crippen molar-refractivity contribution in [3.63, 3.8) is 0 Å². The zero-order chi connectivity index (χ0) is 21.8. The van der Waals surface area contributed by atoms with Crippen molar-refractivity contribution < 1.29 is 24.5 Å². The quantitative estimate of drug-likeness (QED) is 0.545. The minimum Gasteiger partial charge on any atom is -0.481 e. The number of carbonyl (C=O) groups excluding carboxylic acids is 1. The van der Waals surface area contributed by atoms with E-state index in [1.165, 1.54) is 0 Å². The maximum Gasteiger partial charge on any atom is 0.309 e. The predicted molar refractivity (Wildman–Crippen MR) is 114 cm³/mol. The third-order valence-electron chi connectivity index (χ3n) is 4.59. The molecule has 0 unspecified atom stereocenters. The van der Waals surface area contributed by atoms with Gasteiger partial charge < -0.3 is 25.2 Å². The van der Waals surface area contributed by atoms with Gasteiger partial charge in [0.25, 0.3) is 0 Å². The molecule has 1 heterocycles. The summed E-state index contributed by atoms with van der Waals surface area (Å²) < 4.78 is 5.32. The molecule has 1 fully saturated rings. The van der Waals surface area contributed by atoms with E-state index in [1.807, 2.05) is 4.90 Å². The number of hydrogen-bond donors (Lipinski definition) is 3. The number of nitrogens with one attached hydrogen (secondary N) is 1. The molecule has 0 bridgehead atoms. The van der Waals surface area contributed by atoms with E-state index in [0.29, 0.717) is 47.4 Å². The number of aliphatic carboxylic acids is 1. The van der Waals surface area contributed by atoms with E-state index < -0.39 is 23.1 Å². The molecule has 0 atom stereocenters. The van der Waals surface area contributed by atoms with Gasteiger partial charge in [-0.1, -0.05) is 23.2 Å². The molecule has 1 saturated heterocycles. The Kier molecular flexibility index (Phi) is 7.65. The van der Waals surface area contributed by atoms with Crippen LogP contribution in [0.5, 0.6) is 0 Å². The van der Waals surface area contributed by atoms with Gasteiger partial charge in [0.2, 0.25) is 0 Å². The van der Waals surface area contributed by atoms with Gasteiger partial charge >= 0.3 is 11.9 Å². The van der Waals surface area contributed by atoms with Crippen molar-refractivity contribution in [3.05, 3.63) is 22.2 Å². The number of piperidine rings is 1. The summed E-state index contributed by atoms with van der Waals surface area (Å²) in [5.41, 5.74) is -0.397. The van der Waals surface area contributed by atoms with Crippen molar-refractivity contribution in [3.8, 4) is 0 Å². The molecule has 0 spiro atoms. The number of aliphatic hydroxyl groups is 1. The molecule has 0 radical (unpaired) electrons. The van der Waals surface area contributed by atoms with Crippen LogP contribution in [0.2, 0.25) is 10.0 Å². The fourth-order valence-corrected chi connectivity index (χ4v) is 3.98. The zero-order valence-corrected chi connectivity index (χ0v) is 18.4. The third kappa shape index (κ3) is 7.24. The Morgan fingerprint density at radius 1 is 1.21 bits per heavy atom. The van der Waals surface area contributed by atoms with Crippen LogP contribution in [0.15, 0.2) is 12.1 Å². The van der Waals surface area contributed by atoms with Crippen molar-refractivity contribution in [2.24, 2.45) is 0 Å². The van der Waals surface area contributed by atoms with Gasteiger partial charge in [-0.15, -0.1) is 0 Å². The average molecular weight is 447 g/mol. The van der Waals surface area contributed by atoms with Gasteiger partial charge in [-0.05, 0) is 45.7 Å². The molecule has 0 saturated carbocycles. The fourth-order valence-electron chi connectivity index (χ4n) is 3.25. The Morgan fingerprint density at radius 3 is 2.24 bits per heavy atom. The second-order valence-electron chi connectivity index (χ2n) is 8.33. The highest BCUT2D eigenvalue weighted by Crippen LogP contribution is 2.39. The van der Waals surface area contributed by atoms with Crippen LogP contribution in [0.4, 0.5) is 11.4 Å². The van der Waals surface area contributed by atoms with E-state index in [4.69, 9.17) is 33.0 Å².